The first kappa shape index (κ1) is 20.4. The van der Waals surface area contributed by atoms with Gasteiger partial charge in [0.1, 0.15) is 5.69 Å². The van der Waals surface area contributed by atoms with Crippen molar-refractivity contribution in [2.75, 3.05) is 21.9 Å². The van der Waals surface area contributed by atoms with Gasteiger partial charge in [0.25, 0.3) is 5.91 Å². The quantitative estimate of drug-likeness (QED) is 0.664. The summed E-state index contributed by atoms with van der Waals surface area (Å²) < 4.78 is 27.1. The SMILES string of the molecule is Cc1cc(C)n(-c2ccc(Cl)c(C(=O)Nc3ccc(N4CCCS4(=O)=O)cc3)n2)n1. The lowest BCUT2D eigenvalue weighted by molar-refractivity contribution is 0.102. The highest BCUT2D eigenvalue weighted by molar-refractivity contribution is 7.93. The summed E-state index contributed by atoms with van der Waals surface area (Å²) in [6, 6.07) is 11.9. The number of carbonyl (C=O) groups is 1. The zero-order chi connectivity index (χ0) is 21.5. The molecule has 156 valence electrons. The Balaban J connectivity index is 1.55. The molecular weight excluding hydrogens is 426 g/mol. The third kappa shape index (κ3) is 3.90. The molecule has 1 aliphatic heterocycles. The molecule has 0 atom stereocenters. The summed E-state index contributed by atoms with van der Waals surface area (Å²) in [6.45, 7) is 4.24. The minimum absolute atomic E-state index is 0.0768. The molecule has 1 fully saturated rings. The maximum Gasteiger partial charge on any atom is 0.275 e. The molecular formula is C20H20ClN5O3S. The van der Waals surface area contributed by atoms with E-state index >= 15 is 0 Å². The van der Waals surface area contributed by atoms with Gasteiger partial charge in [-0.2, -0.15) is 5.10 Å². The fourth-order valence-electron chi connectivity index (χ4n) is 3.40. The van der Waals surface area contributed by atoms with E-state index in [4.69, 9.17) is 11.6 Å². The van der Waals surface area contributed by atoms with Crippen LogP contribution in [0, 0.1) is 13.8 Å². The number of benzene rings is 1. The van der Waals surface area contributed by atoms with Gasteiger partial charge < -0.3 is 5.32 Å². The lowest BCUT2D eigenvalue weighted by Gasteiger charge is -2.17. The summed E-state index contributed by atoms with van der Waals surface area (Å²) in [5.41, 5.74) is 2.90. The van der Waals surface area contributed by atoms with Crippen LogP contribution in [0.3, 0.4) is 0 Å². The monoisotopic (exact) mass is 445 g/mol. The van der Waals surface area contributed by atoms with Gasteiger partial charge in [0.2, 0.25) is 10.0 Å². The van der Waals surface area contributed by atoms with Gasteiger partial charge in [-0.25, -0.2) is 18.1 Å². The van der Waals surface area contributed by atoms with Crippen LogP contribution < -0.4 is 9.62 Å². The maximum atomic E-state index is 12.8. The highest BCUT2D eigenvalue weighted by Crippen LogP contribution is 2.26. The summed E-state index contributed by atoms with van der Waals surface area (Å²) in [5.74, 6) is 0.177. The van der Waals surface area contributed by atoms with Gasteiger partial charge in [-0.1, -0.05) is 11.6 Å². The molecule has 3 aromatic rings. The Morgan fingerprint density at radius 2 is 1.87 bits per heavy atom. The lowest BCUT2D eigenvalue weighted by Crippen LogP contribution is -2.25. The number of amides is 1. The van der Waals surface area contributed by atoms with Crippen molar-refractivity contribution in [3.63, 3.8) is 0 Å². The first-order chi connectivity index (χ1) is 14.2. The Kier molecular flexibility index (Phi) is 5.25. The molecule has 1 aliphatic rings. The summed E-state index contributed by atoms with van der Waals surface area (Å²) in [5, 5.41) is 7.35. The third-order valence-electron chi connectivity index (χ3n) is 4.79. The first-order valence-corrected chi connectivity index (χ1v) is 11.4. The number of carbonyl (C=O) groups excluding carboxylic acids is 1. The number of hydrogen-bond donors (Lipinski definition) is 1. The second kappa shape index (κ2) is 7.73. The zero-order valence-electron chi connectivity index (χ0n) is 16.5. The predicted molar refractivity (Wildman–Crippen MR) is 116 cm³/mol. The lowest BCUT2D eigenvalue weighted by atomic mass is 10.2. The number of nitrogens with zero attached hydrogens (tertiary/aromatic N) is 4. The number of aryl methyl sites for hydroxylation is 2. The predicted octanol–water partition coefficient (Wildman–Crippen LogP) is 3.33. The molecule has 0 radical (unpaired) electrons. The molecule has 1 amide bonds. The number of hydrogen-bond acceptors (Lipinski definition) is 5. The molecule has 1 N–H and O–H groups in total. The molecule has 0 saturated carbocycles. The van der Waals surface area contributed by atoms with E-state index in [1.165, 1.54) is 4.31 Å². The molecule has 30 heavy (non-hydrogen) atoms. The number of halogens is 1. The maximum absolute atomic E-state index is 12.8. The molecule has 10 heteroatoms. The Hall–Kier alpha value is -2.91. The van der Waals surface area contributed by atoms with Gasteiger partial charge in [0.15, 0.2) is 5.82 Å². The Labute approximate surface area is 179 Å². The average Bonchev–Trinajstić information content (AvgIpc) is 3.23. The molecule has 0 aliphatic carbocycles. The topological polar surface area (TPSA) is 97.2 Å². The summed E-state index contributed by atoms with van der Waals surface area (Å²) in [7, 11) is -3.25. The average molecular weight is 446 g/mol. The van der Waals surface area contributed by atoms with E-state index in [2.05, 4.69) is 15.4 Å². The van der Waals surface area contributed by atoms with E-state index in [1.54, 1.807) is 41.1 Å². The van der Waals surface area contributed by atoms with E-state index < -0.39 is 15.9 Å². The third-order valence-corrected chi connectivity index (χ3v) is 6.96. The molecule has 4 rings (SSSR count). The minimum atomic E-state index is -3.25. The van der Waals surface area contributed by atoms with Gasteiger partial charge in [-0.3, -0.25) is 9.10 Å². The molecule has 0 spiro atoms. The molecule has 3 heterocycles. The molecule has 8 nitrogen and oxygen atoms in total. The van der Waals surface area contributed by atoms with Crippen LogP contribution >= 0.6 is 11.6 Å². The van der Waals surface area contributed by atoms with Crippen molar-refractivity contribution in [2.24, 2.45) is 0 Å². The van der Waals surface area contributed by atoms with Crippen LogP contribution in [0.4, 0.5) is 11.4 Å². The highest BCUT2D eigenvalue weighted by Gasteiger charge is 2.28. The Morgan fingerprint density at radius 1 is 1.13 bits per heavy atom. The van der Waals surface area contributed by atoms with Crippen molar-refractivity contribution in [2.45, 2.75) is 20.3 Å². The number of nitrogens with one attached hydrogen (secondary N) is 1. The molecule has 1 aromatic carbocycles. The van der Waals surface area contributed by atoms with E-state index in [1.807, 2.05) is 19.9 Å². The fourth-order valence-corrected chi connectivity index (χ4v) is 5.16. The van der Waals surface area contributed by atoms with E-state index in [0.29, 0.717) is 30.2 Å². The summed E-state index contributed by atoms with van der Waals surface area (Å²) in [4.78, 5) is 17.1. The fraction of sp³-hybridized carbons (Fsp3) is 0.250. The first-order valence-electron chi connectivity index (χ1n) is 9.36. The van der Waals surface area contributed by atoms with Crippen LogP contribution in [0.15, 0.2) is 42.5 Å². The second-order valence-corrected chi connectivity index (χ2v) is 9.50. The van der Waals surface area contributed by atoms with Crippen molar-refractivity contribution in [1.82, 2.24) is 14.8 Å². The highest BCUT2D eigenvalue weighted by atomic mass is 35.5. The number of rotatable bonds is 4. The standard InChI is InChI=1S/C20H20ClN5O3S/c1-13-12-14(2)26(24-13)18-9-8-17(21)19(23-18)20(27)22-15-4-6-16(7-5-15)25-10-3-11-30(25,28)29/h4-9,12H,3,10-11H2,1-2H3,(H,22,27). The largest absolute Gasteiger partial charge is 0.321 e. The number of anilines is 2. The second-order valence-electron chi connectivity index (χ2n) is 7.08. The molecule has 2 aromatic heterocycles. The molecule has 1 saturated heterocycles. The van der Waals surface area contributed by atoms with Crippen LogP contribution in [0.25, 0.3) is 5.82 Å². The Morgan fingerprint density at radius 3 is 2.47 bits per heavy atom. The van der Waals surface area contributed by atoms with Crippen LogP contribution in [0.1, 0.15) is 28.3 Å². The van der Waals surface area contributed by atoms with Gasteiger partial charge in [-0.05, 0) is 62.7 Å². The van der Waals surface area contributed by atoms with Gasteiger partial charge in [0, 0.05) is 17.9 Å². The summed E-state index contributed by atoms with van der Waals surface area (Å²) in [6.07, 6.45) is 0.608. The minimum Gasteiger partial charge on any atom is -0.321 e. The van der Waals surface area contributed by atoms with Crippen molar-refractivity contribution >= 4 is 38.9 Å². The van der Waals surface area contributed by atoms with Crippen molar-refractivity contribution < 1.29 is 13.2 Å². The van der Waals surface area contributed by atoms with Crippen LogP contribution in [-0.2, 0) is 10.0 Å². The van der Waals surface area contributed by atoms with Crippen molar-refractivity contribution in [3.05, 3.63) is 64.6 Å². The molecule has 0 unspecified atom stereocenters. The molecule has 0 bridgehead atoms. The van der Waals surface area contributed by atoms with Gasteiger partial charge >= 0.3 is 0 Å². The smallest absolute Gasteiger partial charge is 0.275 e. The van der Waals surface area contributed by atoms with E-state index in [9.17, 15) is 13.2 Å². The summed E-state index contributed by atoms with van der Waals surface area (Å²) >= 11 is 6.21. The van der Waals surface area contributed by atoms with Crippen LogP contribution in [-0.4, -0.2) is 41.4 Å². The number of pyridine rings is 1. The van der Waals surface area contributed by atoms with Gasteiger partial charge in [0.05, 0.1) is 22.2 Å². The van der Waals surface area contributed by atoms with Crippen molar-refractivity contribution in [3.8, 4) is 5.82 Å². The van der Waals surface area contributed by atoms with E-state index in [-0.39, 0.29) is 16.5 Å². The van der Waals surface area contributed by atoms with Crippen LogP contribution in [0.2, 0.25) is 5.02 Å². The zero-order valence-corrected chi connectivity index (χ0v) is 18.0. The van der Waals surface area contributed by atoms with Crippen molar-refractivity contribution in [1.29, 1.82) is 0 Å². The number of sulfonamides is 1. The number of aromatic nitrogens is 3. The Bertz CT molecular complexity index is 1220. The normalized spacial score (nSPS) is 15.4. The van der Waals surface area contributed by atoms with E-state index in [0.717, 1.165) is 11.4 Å². The van der Waals surface area contributed by atoms with Crippen LogP contribution in [0.5, 0.6) is 0 Å². The van der Waals surface area contributed by atoms with Gasteiger partial charge in [-0.15, -0.1) is 0 Å².